The average molecular weight is 381 g/mol. The molecule has 146 valence electrons. The predicted octanol–water partition coefficient (Wildman–Crippen LogP) is 5.20. The molecule has 1 atom stereocenters. The minimum absolute atomic E-state index is 0.0896. The summed E-state index contributed by atoms with van der Waals surface area (Å²) in [6.45, 7) is 4.85. The highest BCUT2D eigenvalue weighted by Crippen LogP contribution is 2.35. The first-order valence-corrected chi connectivity index (χ1v) is 10.3. The second kappa shape index (κ2) is 6.96. The second-order valence-corrected chi connectivity index (χ2v) is 8.29. The summed E-state index contributed by atoms with van der Waals surface area (Å²) in [5, 5.41) is 0. The van der Waals surface area contributed by atoms with Gasteiger partial charge < -0.3 is 4.57 Å². The number of piperidine rings is 1. The second-order valence-electron chi connectivity index (χ2n) is 8.29. The smallest absolute Gasteiger partial charge is 0.126 e. The standard InChI is InChI=1S/C23H25F2N3/c1-15-6-7-17-12-18(24)13-21-23(17)28(15)22(26-21)14-27-10-8-16(9-11-27)19-4-2-3-5-20(19)25/h2-5,12-13,15-16H,6-11,14H2,1H3. The third-order valence-electron chi connectivity index (χ3n) is 6.47. The highest BCUT2D eigenvalue weighted by Gasteiger charge is 2.27. The van der Waals surface area contributed by atoms with E-state index >= 15 is 0 Å². The number of hydrogen-bond donors (Lipinski definition) is 0. The molecule has 1 unspecified atom stereocenters. The van der Waals surface area contributed by atoms with Crippen LogP contribution in [0.15, 0.2) is 36.4 Å². The Morgan fingerprint density at radius 3 is 2.64 bits per heavy atom. The maximum Gasteiger partial charge on any atom is 0.126 e. The van der Waals surface area contributed by atoms with Gasteiger partial charge in [0.2, 0.25) is 0 Å². The van der Waals surface area contributed by atoms with Crippen molar-refractivity contribution in [1.82, 2.24) is 14.5 Å². The van der Waals surface area contributed by atoms with E-state index in [2.05, 4.69) is 16.4 Å². The van der Waals surface area contributed by atoms with Gasteiger partial charge in [-0.05, 0) is 74.9 Å². The van der Waals surface area contributed by atoms with Crippen LogP contribution in [0.3, 0.4) is 0 Å². The summed E-state index contributed by atoms with van der Waals surface area (Å²) >= 11 is 0. The zero-order valence-electron chi connectivity index (χ0n) is 16.2. The minimum Gasteiger partial charge on any atom is -0.324 e. The molecule has 5 rings (SSSR count). The van der Waals surface area contributed by atoms with Crippen LogP contribution in [-0.2, 0) is 13.0 Å². The maximum absolute atomic E-state index is 14.1. The summed E-state index contributed by atoms with van der Waals surface area (Å²) in [6.07, 6.45) is 3.84. The van der Waals surface area contributed by atoms with Crippen LogP contribution < -0.4 is 0 Å². The number of aromatic nitrogens is 2. The first kappa shape index (κ1) is 17.8. The van der Waals surface area contributed by atoms with Gasteiger partial charge in [0.05, 0.1) is 17.6 Å². The Balaban J connectivity index is 1.37. The lowest BCUT2D eigenvalue weighted by Gasteiger charge is -2.33. The highest BCUT2D eigenvalue weighted by atomic mass is 19.1. The van der Waals surface area contributed by atoms with Crippen LogP contribution in [0.25, 0.3) is 11.0 Å². The molecular formula is C23H25F2N3. The van der Waals surface area contributed by atoms with Crippen molar-refractivity contribution in [3.05, 3.63) is 65.0 Å². The van der Waals surface area contributed by atoms with E-state index in [0.29, 0.717) is 6.04 Å². The lowest BCUT2D eigenvalue weighted by Crippen LogP contribution is -2.34. The molecule has 5 heteroatoms. The zero-order valence-corrected chi connectivity index (χ0v) is 16.2. The van der Waals surface area contributed by atoms with Gasteiger partial charge in [0.25, 0.3) is 0 Å². The number of hydrogen-bond acceptors (Lipinski definition) is 2. The van der Waals surface area contributed by atoms with Crippen LogP contribution in [0.4, 0.5) is 8.78 Å². The van der Waals surface area contributed by atoms with Crippen LogP contribution in [0.1, 0.15) is 55.1 Å². The Hall–Kier alpha value is -2.27. The molecule has 3 nitrogen and oxygen atoms in total. The number of nitrogens with zero attached hydrogens (tertiary/aromatic N) is 3. The van der Waals surface area contributed by atoms with E-state index < -0.39 is 0 Å². The number of rotatable bonds is 3. The molecule has 0 bridgehead atoms. The summed E-state index contributed by atoms with van der Waals surface area (Å²) in [6, 6.07) is 10.7. The fourth-order valence-corrected chi connectivity index (χ4v) is 5.00. The van der Waals surface area contributed by atoms with Crippen LogP contribution >= 0.6 is 0 Å². The number of halogens is 2. The van der Waals surface area contributed by atoms with E-state index in [1.165, 1.54) is 0 Å². The predicted molar refractivity (Wildman–Crippen MR) is 106 cm³/mol. The number of imidazole rings is 1. The topological polar surface area (TPSA) is 21.1 Å². The number of aryl methyl sites for hydroxylation is 1. The molecule has 2 aliphatic heterocycles. The van der Waals surface area contributed by atoms with E-state index in [1.807, 2.05) is 12.1 Å². The van der Waals surface area contributed by atoms with E-state index in [4.69, 9.17) is 4.98 Å². The molecular weight excluding hydrogens is 356 g/mol. The van der Waals surface area contributed by atoms with Crippen LogP contribution in [0.2, 0.25) is 0 Å². The SMILES string of the molecule is CC1CCc2cc(F)cc3nc(CN4CCC(c5ccccc5F)CC4)n1c23. The Labute approximate surface area is 164 Å². The van der Waals surface area contributed by atoms with Crippen LogP contribution in [-0.4, -0.2) is 27.5 Å². The van der Waals surface area contributed by atoms with Crippen LogP contribution in [0, 0.1) is 11.6 Å². The van der Waals surface area contributed by atoms with Crippen LogP contribution in [0.5, 0.6) is 0 Å². The lowest BCUT2D eigenvalue weighted by atomic mass is 9.89. The van der Waals surface area contributed by atoms with E-state index in [1.54, 1.807) is 24.3 Å². The first-order valence-electron chi connectivity index (χ1n) is 10.3. The summed E-state index contributed by atoms with van der Waals surface area (Å²) < 4.78 is 30.4. The molecule has 28 heavy (non-hydrogen) atoms. The van der Waals surface area contributed by atoms with Gasteiger partial charge in [-0.1, -0.05) is 18.2 Å². The fraction of sp³-hybridized carbons (Fsp3) is 0.435. The van der Waals surface area contributed by atoms with Crippen molar-refractivity contribution in [2.75, 3.05) is 13.1 Å². The molecule has 3 aromatic rings. The molecule has 1 fully saturated rings. The van der Waals surface area contributed by atoms with Gasteiger partial charge in [0, 0.05) is 12.1 Å². The van der Waals surface area contributed by atoms with Gasteiger partial charge in [-0.3, -0.25) is 4.90 Å². The minimum atomic E-state index is -0.195. The molecule has 3 heterocycles. The zero-order chi connectivity index (χ0) is 19.3. The van der Waals surface area contributed by atoms with Gasteiger partial charge in [-0.15, -0.1) is 0 Å². The quantitative estimate of drug-likeness (QED) is 0.622. The Kier molecular flexibility index (Phi) is 4.43. The van der Waals surface area contributed by atoms with E-state index in [-0.39, 0.29) is 17.6 Å². The van der Waals surface area contributed by atoms with Gasteiger partial charge >= 0.3 is 0 Å². The molecule has 2 aromatic carbocycles. The molecule has 0 amide bonds. The Morgan fingerprint density at radius 1 is 1.07 bits per heavy atom. The molecule has 0 aliphatic carbocycles. The normalized spacial score (nSPS) is 20.8. The van der Waals surface area contributed by atoms with Crippen molar-refractivity contribution in [2.45, 2.75) is 51.1 Å². The Morgan fingerprint density at radius 2 is 1.86 bits per heavy atom. The number of benzene rings is 2. The average Bonchev–Trinajstić information content (AvgIpc) is 3.05. The van der Waals surface area contributed by atoms with E-state index in [0.717, 1.165) is 73.3 Å². The van der Waals surface area contributed by atoms with Crippen molar-refractivity contribution >= 4 is 11.0 Å². The maximum atomic E-state index is 14.1. The van der Waals surface area contributed by atoms with Gasteiger partial charge in [0.1, 0.15) is 17.5 Å². The summed E-state index contributed by atoms with van der Waals surface area (Å²) in [5.74, 6) is 1.03. The molecule has 0 spiro atoms. The third kappa shape index (κ3) is 3.02. The van der Waals surface area contributed by atoms with Gasteiger partial charge in [-0.25, -0.2) is 13.8 Å². The molecule has 1 aromatic heterocycles. The molecule has 0 saturated carbocycles. The monoisotopic (exact) mass is 381 g/mol. The van der Waals surface area contributed by atoms with E-state index in [9.17, 15) is 8.78 Å². The fourth-order valence-electron chi connectivity index (χ4n) is 5.00. The molecule has 2 aliphatic rings. The van der Waals surface area contributed by atoms with Crippen molar-refractivity contribution in [3.8, 4) is 0 Å². The summed E-state index contributed by atoms with van der Waals surface area (Å²) in [4.78, 5) is 7.20. The molecule has 0 radical (unpaired) electrons. The lowest BCUT2D eigenvalue weighted by molar-refractivity contribution is 0.195. The summed E-state index contributed by atoms with van der Waals surface area (Å²) in [7, 11) is 0. The van der Waals surface area contributed by atoms with Gasteiger partial charge in [0.15, 0.2) is 0 Å². The van der Waals surface area contributed by atoms with Crippen molar-refractivity contribution in [1.29, 1.82) is 0 Å². The van der Waals surface area contributed by atoms with Crippen molar-refractivity contribution in [3.63, 3.8) is 0 Å². The Bertz CT molecular complexity index is 1020. The van der Waals surface area contributed by atoms with Crippen molar-refractivity contribution < 1.29 is 8.78 Å². The number of likely N-dealkylation sites (tertiary alicyclic amines) is 1. The van der Waals surface area contributed by atoms with Gasteiger partial charge in [-0.2, -0.15) is 0 Å². The highest BCUT2D eigenvalue weighted by molar-refractivity contribution is 5.80. The first-order chi connectivity index (χ1) is 13.6. The third-order valence-corrected chi connectivity index (χ3v) is 6.47. The molecule has 0 N–H and O–H groups in total. The summed E-state index contributed by atoms with van der Waals surface area (Å²) in [5.41, 5.74) is 3.80. The molecule has 1 saturated heterocycles. The van der Waals surface area contributed by atoms with Crippen molar-refractivity contribution in [2.24, 2.45) is 0 Å². The largest absolute Gasteiger partial charge is 0.324 e.